The third-order valence-electron chi connectivity index (χ3n) is 3.09. The average molecular weight is 318 g/mol. The zero-order chi connectivity index (χ0) is 16.3. The third kappa shape index (κ3) is 3.61. The molecule has 8 heteroatoms. The first-order valence-electron chi connectivity index (χ1n) is 6.48. The van der Waals surface area contributed by atoms with E-state index in [9.17, 15) is 14.2 Å². The maximum Gasteiger partial charge on any atom is 0.340 e. The summed E-state index contributed by atoms with van der Waals surface area (Å²) in [4.78, 5) is 22.4. The molecule has 1 rings (SSSR count). The van der Waals surface area contributed by atoms with Crippen molar-refractivity contribution >= 4 is 19.5 Å². The van der Waals surface area contributed by atoms with Gasteiger partial charge in [0.15, 0.2) is 0 Å². The molecule has 0 aromatic carbocycles. The van der Waals surface area contributed by atoms with E-state index in [1.807, 2.05) is 0 Å². The predicted octanol–water partition coefficient (Wildman–Crippen LogP) is 2.44. The highest BCUT2D eigenvalue weighted by Gasteiger charge is 2.48. The maximum absolute atomic E-state index is 12.9. The number of aliphatic carboxylic acids is 2. The highest BCUT2D eigenvalue weighted by Crippen LogP contribution is 2.63. The van der Waals surface area contributed by atoms with Crippen molar-refractivity contribution < 1.29 is 33.4 Å². The molecule has 21 heavy (non-hydrogen) atoms. The van der Waals surface area contributed by atoms with Gasteiger partial charge < -0.3 is 19.3 Å². The summed E-state index contributed by atoms with van der Waals surface area (Å²) in [6, 6.07) is 0. The van der Waals surface area contributed by atoms with Crippen molar-refractivity contribution in [1.82, 2.24) is 0 Å². The first-order chi connectivity index (χ1) is 9.69. The normalized spacial score (nSPS) is 22.4. The van der Waals surface area contributed by atoms with Gasteiger partial charge in [-0.1, -0.05) is 6.08 Å². The number of hydrogen-bond acceptors (Lipinski definition) is 5. The molecule has 2 N–H and O–H groups in total. The van der Waals surface area contributed by atoms with E-state index in [4.69, 9.17) is 19.3 Å². The Kier molecular flexibility index (Phi) is 5.50. The zero-order valence-electron chi connectivity index (χ0n) is 12.2. The average Bonchev–Trinajstić information content (AvgIpc) is 2.38. The molecule has 1 aliphatic carbocycles. The van der Waals surface area contributed by atoms with E-state index in [2.05, 4.69) is 0 Å². The van der Waals surface area contributed by atoms with Crippen LogP contribution in [0.25, 0.3) is 0 Å². The lowest BCUT2D eigenvalue weighted by Crippen LogP contribution is -2.31. The van der Waals surface area contributed by atoms with Crippen molar-refractivity contribution in [3.8, 4) is 0 Å². The Morgan fingerprint density at radius 3 is 2.14 bits per heavy atom. The minimum absolute atomic E-state index is 0.106. The van der Waals surface area contributed by atoms with Gasteiger partial charge in [0, 0.05) is 5.57 Å². The minimum atomic E-state index is -3.70. The zero-order valence-corrected chi connectivity index (χ0v) is 13.1. The number of carboxylic acid groups (broad SMARTS) is 2. The molecule has 0 aliphatic heterocycles. The number of carboxylic acids is 2. The molecular formula is C13H19O7P. The van der Waals surface area contributed by atoms with Gasteiger partial charge in [-0.2, -0.15) is 0 Å². The van der Waals surface area contributed by atoms with E-state index in [0.717, 1.165) is 6.08 Å². The SMILES string of the molecule is CCOP(=O)(OCC)C1(C)C=C(C(=O)O)C=C(C(=O)O)C1. The van der Waals surface area contributed by atoms with E-state index >= 15 is 0 Å². The molecule has 118 valence electrons. The summed E-state index contributed by atoms with van der Waals surface area (Å²) in [6.45, 7) is 4.96. The van der Waals surface area contributed by atoms with Crippen LogP contribution >= 0.6 is 7.60 Å². The van der Waals surface area contributed by atoms with E-state index in [1.54, 1.807) is 13.8 Å². The molecule has 0 saturated heterocycles. The molecule has 1 aliphatic rings. The van der Waals surface area contributed by atoms with Crippen LogP contribution in [0.5, 0.6) is 0 Å². The van der Waals surface area contributed by atoms with Crippen LogP contribution in [0, 0.1) is 0 Å². The number of allylic oxidation sites excluding steroid dienone is 1. The van der Waals surface area contributed by atoms with E-state index in [1.165, 1.54) is 13.0 Å². The number of hydrogen-bond donors (Lipinski definition) is 2. The molecule has 0 spiro atoms. The van der Waals surface area contributed by atoms with Gasteiger partial charge in [-0.15, -0.1) is 0 Å². The topological polar surface area (TPSA) is 110 Å². The lowest BCUT2D eigenvalue weighted by atomic mass is 9.90. The Bertz CT molecular complexity index is 539. The molecule has 1 atom stereocenters. The van der Waals surface area contributed by atoms with Crippen LogP contribution in [0.1, 0.15) is 27.2 Å². The molecular weight excluding hydrogens is 299 g/mol. The largest absolute Gasteiger partial charge is 0.478 e. The summed E-state index contributed by atoms with van der Waals surface area (Å²) < 4.78 is 23.4. The van der Waals surface area contributed by atoms with Gasteiger partial charge in [0.2, 0.25) is 0 Å². The summed E-state index contributed by atoms with van der Waals surface area (Å²) in [5.74, 6) is -2.55. The Hall–Kier alpha value is -1.43. The van der Waals surface area contributed by atoms with Crippen molar-refractivity contribution in [2.45, 2.75) is 32.3 Å². The van der Waals surface area contributed by atoms with Crippen LogP contribution in [0.3, 0.4) is 0 Å². The molecule has 0 aromatic rings. The van der Waals surface area contributed by atoms with Gasteiger partial charge in [-0.25, -0.2) is 9.59 Å². The standard InChI is InChI=1S/C13H19O7P/c1-4-19-21(18,20-5-2)13(3)7-9(11(14)15)6-10(8-13)12(16)17/h6-7H,4-5,8H2,1-3H3,(H,14,15)(H,16,17). The summed E-state index contributed by atoms with van der Waals surface area (Å²) in [7, 11) is -3.70. The fourth-order valence-electron chi connectivity index (χ4n) is 2.16. The number of rotatable bonds is 7. The molecule has 7 nitrogen and oxygen atoms in total. The van der Waals surface area contributed by atoms with Gasteiger partial charge >= 0.3 is 19.5 Å². The second-order valence-corrected chi connectivity index (χ2v) is 7.28. The summed E-state index contributed by atoms with van der Waals surface area (Å²) in [5, 5.41) is 16.9. The molecule has 0 fully saturated rings. The van der Waals surface area contributed by atoms with E-state index in [0.29, 0.717) is 0 Å². The molecule has 0 amide bonds. The maximum atomic E-state index is 12.9. The summed E-state index contributed by atoms with van der Waals surface area (Å²) in [6.07, 6.45) is 2.19. The Morgan fingerprint density at radius 1 is 1.24 bits per heavy atom. The van der Waals surface area contributed by atoms with Crippen molar-refractivity contribution in [1.29, 1.82) is 0 Å². The molecule has 0 radical (unpaired) electrons. The molecule has 0 bridgehead atoms. The Balaban J connectivity index is 3.37. The van der Waals surface area contributed by atoms with Crippen LogP contribution in [0.15, 0.2) is 23.3 Å². The van der Waals surface area contributed by atoms with Gasteiger partial charge in [0.25, 0.3) is 0 Å². The monoisotopic (exact) mass is 318 g/mol. The quantitative estimate of drug-likeness (QED) is 0.694. The van der Waals surface area contributed by atoms with Crippen molar-refractivity contribution in [2.24, 2.45) is 0 Å². The van der Waals surface area contributed by atoms with Crippen molar-refractivity contribution in [3.63, 3.8) is 0 Å². The third-order valence-corrected chi connectivity index (χ3v) is 5.82. The minimum Gasteiger partial charge on any atom is -0.478 e. The number of carbonyl (C=O) groups is 2. The van der Waals surface area contributed by atoms with Crippen LogP contribution in [-0.2, 0) is 23.2 Å². The predicted molar refractivity (Wildman–Crippen MR) is 75.3 cm³/mol. The van der Waals surface area contributed by atoms with Crippen molar-refractivity contribution in [3.05, 3.63) is 23.3 Å². The lowest BCUT2D eigenvalue weighted by molar-refractivity contribution is -0.132. The first kappa shape index (κ1) is 17.6. The van der Waals surface area contributed by atoms with Gasteiger partial charge in [0.1, 0.15) is 0 Å². The highest BCUT2D eigenvalue weighted by atomic mass is 31.2. The fraction of sp³-hybridized carbons (Fsp3) is 0.538. The molecule has 1 unspecified atom stereocenters. The molecule has 0 aromatic heterocycles. The molecule has 0 heterocycles. The fourth-order valence-corrected chi connectivity index (χ4v) is 4.17. The Morgan fingerprint density at radius 2 is 1.76 bits per heavy atom. The lowest BCUT2D eigenvalue weighted by Gasteiger charge is -2.35. The van der Waals surface area contributed by atoms with Crippen LogP contribution < -0.4 is 0 Å². The van der Waals surface area contributed by atoms with E-state index in [-0.39, 0.29) is 30.8 Å². The van der Waals surface area contributed by atoms with E-state index < -0.39 is 24.7 Å². The second kappa shape index (κ2) is 6.56. The summed E-state index contributed by atoms with van der Waals surface area (Å²) >= 11 is 0. The van der Waals surface area contributed by atoms with Gasteiger partial charge in [0.05, 0.1) is 23.9 Å². The summed E-state index contributed by atoms with van der Waals surface area (Å²) in [5.41, 5.74) is -0.377. The van der Waals surface area contributed by atoms with Gasteiger partial charge in [-0.05, 0) is 33.3 Å². The smallest absolute Gasteiger partial charge is 0.340 e. The van der Waals surface area contributed by atoms with Crippen LogP contribution in [-0.4, -0.2) is 40.5 Å². The second-order valence-electron chi connectivity index (χ2n) is 4.75. The van der Waals surface area contributed by atoms with Crippen molar-refractivity contribution in [2.75, 3.05) is 13.2 Å². The molecule has 0 saturated carbocycles. The first-order valence-corrected chi connectivity index (χ1v) is 8.02. The van der Waals surface area contributed by atoms with Crippen LogP contribution in [0.4, 0.5) is 0 Å². The highest BCUT2D eigenvalue weighted by molar-refractivity contribution is 7.55. The van der Waals surface area contributed by atoms with Gasteiger partial charge in [-0.3, -0.25) is 4.57 Å². The van der Waals surface area contributed by atoms with Crippen LogP contribution in [0.2, 0.25) is 0 Å². The Labute approximate surface area is 122 Å².